The third-order valence-electron chi connectivity index (χ3n) is 4.87. The Morgan fingerprint density at radius 3 is 3.00 bits per heavy atom. The number of hydrogen-bond donors (Lipinski definition) is 0. The van der Waals surface area contributed by atoms with Crippen LogP contribution in [0.2, 0.25) is 0 Å². The zero-order chi connectivity index (χ0) is 17.4. The highest BCUT2D eigenvalue weighted by Crippen LogP contribution is 2.47. The molecule has 1 unspecified atom stereocenters. The number of esters is 1. The van der Waals surface area contributed by atoms with E-state index >= 15 is 0 Å². The molecule has 3 aliphatic carbocycles. The van der Waals surface area contributed by atoms with E-state index in [4.69, 9.17) is 4.74 Å². The fourth-order valence-corrected chi connectivity index (χ4v) is 3.74. The van der Waals surface area contributed by atoms with E-state index in [1.165, 1.54) is 16.7 Å². The van der Waals surface area contributed by atoms with Crippen LogP contribution in [0.15, 0.2) is 71.4 Å². The first-order chi connectivity index (χ1) is 12.2. The molecule has 0 amide bonds. The lowest BCUT2D eigenvalue weighted by molar-refractivity contribution is 0.0526. The average Bonchev–Trinajstić information content (AvgIpc) is 3.07. The van der Waals surface area contributed by atoms with Crippen molar-refractivity contribution in [2.24, 2.45) is 5.92 Å². The van der Waals surface area contributed by atoms with Crippen LogP contribution in [0.25, 0.3) is 5.57 Å². The minimum absolute atomic E-state index is 0.280. The quantitative estimate of drug-likeness (QED) is 0.768. The molecule has 122 valence electrons. The highest BCUT2D eigenvalue weighted by Gasteiger charge is 2.32. The summed E-state index contributed by atoms with van der Waals surface area (Å²) in [5.41, 5.74) is 6.73. The van der Waals surface area contributed by atoms with E-state index in [1.807, 2.05) is 0 Å². The van der Waals surface area contributed by atoms with Gasteiger partial charge in [0.05, 0.1) is 23.8 Å². The number of carbonyl (C=O) groups is 1. The zero-order valence-electron chi connectivity index (χ0n) is 14.0. The normalized spacial score (nSPS) is 19.9. The van der Waals surface area contributed by atoms with Gasteiger partial charge >= 0.3 is 5.97 Å². The smallest absolute Gasteiger partial charge is 0.338 e. The van der Waals surface area contributed by atoms with Crippen molar-refractivity contribution in [3.05, 3.63) is 88.1 Å². The van der Waals surface area contributed by atoms with Crippen LogP contribution in [-0.4, -0.2) is 12.6 Å². The molecule has 4 rings (SSSR count). The summed E-state index contributed by atoms with van der Waals surface area (Å²) in [4.78, 5) is 12.1. The van der Waals surface area contributed by atoms with E-state index in [1.54, 1.807) is 25.1 Å². The Bertz CT molecular complexity index is 964. The molecule has 1 aromatic carbocycles. The number of hydrogen-bond acceptors (Lipinski definition) is 3. The number of ether oxygens (including phenoxy) is 1. The zero-order valence-corrected chi connectivity index (χ0v) is 14.0. The predicted octanol–water partition coefficient (Wildman–Crippen LogP) is 4.50. The fraction of sp³-hybridized carbons (Fsp3) is 0.182. The Labute approximate surface area is 146 Å². The maximum atomic E-state index is 12.1. The van der Waals surface area contributed by atoms with Crippen LogP contribution in [0.5, 0.6) is 0 Å². The van der Waals surface area contributed by atoms with E-state index in [9.17, 15) is 10.1 Å². The summed E-state index contributed by atoms with van der Waals surface area (Å²) < 4.78 is 5.11. The molecule has 0 aliphatic heterocycles. The van der Waals surface area contributed by atoms with Gasteiger partial charge in [0, 0.05) is 11.5 Å². The lowest BCUT2D eigenvalue weighted by atomic mass is 9.75. The summed E-state index contributed by atoms with van der Waals surface area (Å²) in [5.74, 6) is -0.0809. The summed E-state index contributed by atoms with van der Waals surface area (Å²) >= 11 is 0. The first-order valence-electron chi connectivity index (χ1n) is 8.44. The molecule has 3 aliphatic rings. The van der Waals surface area contributed by atoms with E-state index in [0.29, 0.717) is 17.7 Å². The van der Waals surface area contributed by atoms with Crippen molar-refractivity contribution in [1.82, 2.24) is 0 Å². The van der Waals surface area contributed by atoms with Crippen LogP contribution in [-0.2, 0) is 4.74 Å². The minimum atomic E-state index is -0.361. The SMILES string of the molecule is CCOC(=O)c1ccc(C#N)c(C2=CC=C3CC=C4C=CC=C2C43)c1. The number of nitrogens with zero attached hydrogens (tertiary/aromatic N) is 1. The molecule has 0 saturated carbocycles. The van der Waals surface area contributed by atoms with Gasteiger partial charge in [-0.3, -0.25) is 0 Å². The van der Waals surface area contributed by atoms with Crippen molar-refractivity contribution < 1.29 is 9.53 Å². The van der Waals surface area contributed by atoms with Crippen LogP contribution in [0.4, 0.5) is 0 Å². The Hall–Kier alpha value is -3.12. The average molecular weight is 327 g/mol. The van der Waals surface area contributed by atoms with Crippen LogP contribution in [0, 0.1) is 17.2 Å². The van der Waals surface area contributed by atoms with Gasteiger partial charge in [-0.2, -0.15) is 5.26 Å². The predicted molar refractivity (Wildman–Crippen MR) is 96.6 cm³/mol. The van der Waals surface area contributed by atoms with Crippen LogP contribution < -0.4 is 0 Å². The second kappa shape index (κ2) is 6.07. The highest BCUT2D eigenvalue weighted by atomic mass is 16.5. The highest BCUT2D eigenvalue weighted by molar-refractivity contribution is 5.94. The van der Waals surface area contributed by atoms with Crippen LogP contribution >= 0.6 is 0 Å². The molecule has 0 aromatic heterocycles. The Kier molecular flexibility index (Phi) is 3.74. The molecule has 1 atom stereocenters. The maximum absolute atomic E-state index is 12.1. The lowest BCUT2D eigenvalue weighted by Gasteiger charge is -2.28. The van der Waals surface area contributed by atoms with Gasteiger partial charge < -0.3 is 4.74 Å². The third-order valence-corrected chi connectivity index (χ3v) is 4.87. The van der Waals surface area contributed by atoms with E-state index in [0.717, 1.165) is 17.6 Å². The summed E-state index contributed by atoms with van der Waals surface area (Å²) in [6.07, 6.45) is 13.8. The molecule has 0 heterocycles. The molecule has 0 fully saturated rings. The topological polar surface area (TPSA) is 50.1 Å². The molecular formula is C22H17NO2. The summed E-state index contributed by atoms with van der Waals surface area (Å²) in [5, 5.41) is 9.54. The summed E-state index contributed by atoms with van der Waals surface area (Å²) in [7, 11) is 0. The molecule has 0 N–H and O–H groups in total. The van der Waals surface area contributed by atoms with Gasteiger partial charge in [0.25, 0.3) is 0 Å². The Morgan fingerprint density at radius 2 is 2.20 bits per heavy atom. The first-order valence-corrected chi connectivity index (χ1v) is 8.44. The van der Waals surface area contributed by atoms with Crippen LogP contribution in [0.3, 0.4) is 0 Å². The fourth-order valence-electron chi connectivity index (χ4n) is 3.74. The van der Waals surface area contributed by atoms with Gasteiger partial charge in [0.15, 0.2) is 0 Å². The number of allylic oxidation sites excluding steroid dienone is 10. The van der Waals surface area contributed by atoms with Gasteiger partial charge in [0.2, 0.25) is 0 Å². The van der Waals surface area contributed by atoms with Crippen molar-refractivity contribution in [3.8, 4) is 6.07 Å². The van der Waals surface area contributed by atoms with Crippen molar-refractivity contribution in [1.29, 1.82) is 5.26 Å². The summed E-state index contributed by atoms with van der Waals surface area (Å²) in [6.45, 7) is 2.11. The molecule has 1 aromatic rings. The number of nitriles is 1. The van der Waals surface area contributed by atoms with E-state index in [2.05, 4.69) is 42.5 Å². The van der Waals surface area contributed by atoms with Crippen molar-refractivity contribution >= 4 is 11.5 Å². The molecule has 25 heavy (non-hydrogen) atoms. The number of rotatable bonds is 3. The maximum Gasteiger partial charge on any atom is 0.338 e. The van der Waals surface area contributed by atoms with Gasteiger partial charge in [0.1, 0.15) is 0 Å². The molecule has 0 radical (unpaired) electrons. The molecule has 0 spiro atoms. The molecule has 3 heteroatoms. The van der Waals surface area contributed by atoms with Gasteiger partial charge in [-0.1, -0.05) is 42.0 Å². The Balaban J connectivity index is 1.84. The molecular weight excluding hydrogens is 310 g/mol. The summed E-state index contributed by atoms with van der Waals surface area (Å²) in [6, 6.07) is 7.38. The molecule has 3 nitrogen and oxygen atoms in total. The first kappa shape index (κ1) is 15.4. The van der Waals surface area contributed by atoms with Crippen molar-refractivity contribution in [2.45, 2.75) is 13.3 Å². The third kappa shape index (κ3) is 2.47. The van der Waals surface area contributed by atoms with Gasteiger partial charge in [-0.15, -0.1) is 0 Å². The molecule has 0 bridgehead atoms. The second-order valence-corrected chi connectivity index (χ2v) is 6.24. The monoisotopic (exact) mass is 327 g/mol. The van der Waals surface area contributed by atoms with Crippen LogP contribution in [0.1, 0.15) is 34.8 Å². The van der Waals surface area contributed by atoms with E-state index in [-0.39, 0.29) is 11.9 Å². The largest absolute Gasteiger partial charge is 0.462 e. The molecule has 0 saturated heterocycles. The van der Waals surface area contributed by atoms with Gasteiger partial charge in [-0.25, -0.2) is 4.79 Å². The van der Waals surface area contributed by atoms with Crippen molar-refractivity contribution in [3.63, 3.8) is 0 Å². The second-order valence-electron chi connectivity index (χ2n) is 6.24. The number of carbonyl (C=O) groups excluding carboxylic acids is 1. The van der Waals surface area contributed by atoms with Crippen molar-refractivity contribution in [2.75, 3.05) is 6.61 Å². The standard InChI is InChI=1S/C22H17NO2/c1-2-25-22(24)16-8-9-17(13-23)20(12-16)18-11-10-15-7-6-14-4-3-5-19(18)21(14)15/h3-6,8-12,21H,2,7H2,1H3. The lowest BCUT2D eigenvalue weighted by Crippen LogP contribution is -2.13. The van der Waals surface area contributed by atoms with E-state index < -0.39 is 0 Å². The Morgan fingerprint density at radius 1 is 1.32 bits per heavy atom. The minimum Gasteiger partial charge on any atom is -0.462 e. The number of benzene rings is 1. The van der Waals surface area contributed by atoms with Gasteiger partial charge in [-0.05, 0) is 48.3 Å².